The maximum absolute atomic E-state index is 12.9. The summed E-state index contributed by atoms with van der Waals surface area (Å²) in [5.41, 5.74) is 1.99. The lowest BCUT2D eigenvalue weighted by molar-refractivity contribution is 0.111. The molecule has 0 aliphatic carbocycles. The molecule has 1 aromatic carbocycles. The first-order valence-corrected chi connectivity index (χ1v) is 5.48. The van der Waals surface area contributed by atoms with E-state index in [9.17, 15) is 9.18 Å². The van der Waals surface area contributed by atoms with Crippen molar-refractivity contribution in [2.45, 2.75) is 13.5 Å². The Morgan fingerprint density at radius 3 is 2.94 bits per heavy atom. The first kappa shape index (κ1) is 12.2. The van der Waals surface area contributed by atoms with Crippen LogP contribution in [0.4, 0.5) is 4.39 Å². The topological polar surface area (TPSA) is 39.2 Å². The quantitative estimate of drug-likeness (QED) is 0.777. The molecule has 0 saturated heterocycles. The van der Waals surface area contributed by atoms with Gasteiger partial charge in [0.15, 0.2) is 6.29 Å². The number of carbonyl (C=O) groups is 1. The predicted octanol–water partition coefficient (Wildman–Crippen LogP) is 2.92. The van der Waals surface area contributed by atoms with Gasteiger partial charge in [-0.3, -0.25) is 9.78 Å². The summed E-state index contributed by atoms with van der Waals surface area (Å²) in [6.07, 6.45) is 2.25. The fourth-order valence-corrected chi connectivity index (χ4v) is 1.56. The summed E-state index contributed by atoms with van der Waals surface area (Å²) in [4.78, 5) is 15.0. The zero-order valence-electron chi connectivity index (χ0n) is 9.89. The van der Waals surface area contributed by atoms with Crippen molar-refractivity contribution < 1.29 is 13.9 Å². The molecule has 1 aromatic heterocycles. The van der Waals surface area contributed by atoms with Crippen LogP contribution in [0.5, 0.6) is 5.75 Å². The van der Waals surface area contributed by atoms with E-state index in [0.717, 1.165) is 17.3 Å². The van der Waals surface area contributed by atoms with Crippen LogP contribution in [0, 0.1) is 12.7 Å². The molecule has 0 amide bonds. The van der Waals surface area contributed by atoms with E-state index in [1.165, 1.54) is 12.1 Å². The van der Waals surface area contributed by atoms with Crippen LogP contribution in [0.15, 0.2) is 36.5 Å². The Hall–Kier alpha value is -2.23. The van der Waals surface area contributed by atoms with Gasteiger partial charge in [-0.2, -0.15) is 0 Å². The number of nitrogens with zero attached hydrogens (tertiary/aromatic N) is 1. The number of benzene rings is 1. The number of hydrogen-bond donors (Lipinski definition) is 0. The Morgan fingerprint density at radius 2 is 2.22 bits per heavy atom. The molecular formula is C14H12FNO2. The lowest BCUT2D eigenvalue weighted by Gasteiger charge is -2.09. The van der Waals surface area contributed by atoms with E-state index in [-0.39, 0.29) is 12.2 Å². The van der Waals surface area contributed by atoms with Crippen LogP contribution in [0.3, 0.4) is 0 Å². The number of aldehydes is 1. The van der Waals surface area contributed by atoms with E-state index < -0.39 is 5.82 Å². The molecule has 0 radical (unpaired) electrons. The Labute approximate surface area is 104 Å². The monoisotopic (exact) mass is 245 g/mol. The third kappa shape index (κ3) is 2.71. The van der Waals surface area contributed by atoms with Gasteiger partial charge >= 0.3 is 0 Å². The van der Waals surface area contributed by atoms with Gasteiger partial charge in [-0.25, -0.2) is 4.39 Å². The van der Waals surface area contributed by atoms with Crippen molar-refractivity contribution in [1.82, 2.24) is 4.98 Å². The molecule has 0 fully saturated rings. The van der Waals surface area contributed by atoms with Crippen LogP contribution in [0.25, 0.3) is 0 Å². The Kier molecular flexibility index (Phi) is 3.67. The summed E-state index contributed by atoms with van der Waals surface area (Å²) >= 11 is 0. The van der Waals surface area contributed by atoms with Crippen LogP contribution >= 0.6 is 0 Å². The molecule has 0 spiro atoms. The fourth-order valence-electron chi connectivity index (χ4n) is 1.56. The number of aryl methyl sites for hydroxylation is 1. The molecule has 0 saturated carbocycles. The summed E-state index contributed by atoms with van der Waals surface area (Å²) in [5, 5.41) is 0. The summed E-state index contributed by atoms with van der Waals surface area (Å²) < 4.78 is 18.4. The van der Waals surface area contributed by atoms with Crippen LogP contribution in [0.2, 0.25) is 0 Å². The highest BCUT2D eigenvalue weighted by Crippen LogP contribution is 2.19. The minimum atomic E-state index is -0.460. The van der Waals surface area contributed by atoms with E-state index in [1.807, 2.05) is 19.1 Å². The molecular weight excluding hydrogens is 233 g/mol. The first-order chi connectivity index (χ1) is 8.70. The molecule has 92 valence electrons. The van der Waals surface area contributed by atoms with E-state index in [2.05, 4.69) is 4.98 Å². The second-order valence-corrected chi connectivity index (χ2v) is 3.86. The van der Waals surface area contributed by atoms with E-state index >= 15 is 0 Å². The number of carbonyl (C=O) groups excluding carboxylic acids is 1. The number of hydrogen-bond acceptors (Lipinski definition) is 3. The summed E-state index contributed by atoms with van der Waals surface area (Å²) in [6.45, 7) is 2.18. The number of rotatable bonds is 4. The van der Waals surface area contributed by atoms with Gasteiger partial charge in [0.1, 0.15) is 18.2 Å². The molecule has 3 nitrogen and oxygen atoms in total. The minimum absolute atomic E-state index is 0.198. The van der Waals surface area contributed by atoms with Crippen LogP contribution in [0.1, 0.15) is 21.6 Å². The molecule has 1 heterocycles. The van der Waals surface area contributed by atoms with Gasteiger partial charge in [-0.05, 0) is 36.8 Å². The molecule has 0 atom stereocenters. The predicted molar refractivity (Wildman–Crippen MR) is 65.1 cm³/mol. The lowest BCUT2D eigenvalue weighted by Crippen LogP contribution is -2.02. The Balaban J connectivity index is 2.16. The van der Waals surface area contributed by atoms with Gasteiger partial charge < -0.3 is 4.74 Å². The van der Waals surface area contributed by atoms with Crippen LogP contribution in [-0.2, 0) is 6.61 Å². The van der Waals surface area contributed by atoms with Crippen molar-refractivity contribution >= 4 is 6.29 Å². The van der Waals surface area contributed by atoms with Crippen molar-refractivity contribution in [2.75, 3.05) is 0 Å². The summed E-state index contributed by atoms with van der Waals surface area (Å²) in [5.74, 6) is -0.102. The maximum atomic E-state index is 12.9. The number of halogens is 1. The zero-order chi connectivity index (χ0) is 13.0. The molecule has 18 heavy (non-hydrogen) atoms. The van der Waals surface area contributed by atoms with Crippen LogP contribution in [-0.4, -0.2) is 11.3 Å². The molecule has 2 rings (SSSR count). The highest BCUT2D eigenvalue weighted by atomic mass is 19.1. The summed E-state index contributed by atoms with van der Waals surface area (Å²) in [7, 11) is 0. The van der Waals surface area contributed by atoms with Crippen molar-refractivity contribution in [1.29, 1.82) is 0 Å². The van der Waals surface area contributed by atoms with E-state index in [1.54, 1.807) is 6.20 Å². The molecule has 0 aliphatic heterocycles. The molecule has 0 aliphatic rings. The van der Waals surface area contributed by atoms with Gasteiger partial charge in [0.2, 0.25) is 0 Å². The second-order valence-electron chi connectivity index (χ2n) is 3.86. The smallest absolute Gasteiger partial charge is 0.153 e. The molecule has 0 unspecified atom stereocenters. The van der Waals surface area contributed by atoms with E-state index in [0.29, 0.717) is 12.0 Å². The third-order valence-electron chi connectivity index (χ3n) is 2.58. The highest BCUT2D eigenvalue weighted by Gasteiger charge is 2.06. The molecule has 2 aromatic rings. The molecule has 0 N–H and O–H groups in total. The van der Waals surface area contributed by atoms with Gasteiger partial charge in [0.05, 0.1) is 11.3 Å². The first-order valence-electron chi connectivity index (χ1n) is 5.48. The SMILES string of the molecule is Cc1cccnc1COc1ccc(F)cc1C=O. The van der Waals surface area contributed by atoms with Crippen LogP contribution < -0.4 is 4.74 Å². The minimum Gasteiger partial charge on any atom is -0.487 e. The fraction of sp³-hybridized carbons (Fsp3) is 0.143. The zero-order valence-corrected chi connectivity index (χ0v) is 9.89. The van der Waals surface area contributed by atoms with Gasteiger partial charge in [0, 0.05) is 6.20 Å². The average molecular weight is 245 g/mol. The number of ether oxygens (including phenoxy) is 1. The van der Waals surface area contributed by atoms with Gasteiger partial charge in [-0.15, -0.1) is 0 Å². The normalized spacial score (nSPS) is 10.1. The Bertz CT molecular complexity index is 569. The van der Waals surface area contributed by atoms with Crippen molar-refractivity contribution in [3.63, 3.8) is 0 Å². The summed E-state index contributed by atoms with van der Waals surface area (Å²) in [6, 6.07) is 7.61. The van der Waals surface area contributed by atoms with Crippen molar-refractivity contribution in [3.8, 4) is 5.75 Å². The molecule has 0 bridgehead atoms. The van der Waals surface area contributed by atoms with Crippen molar-refractivity contribution in [3.05, 3.63) is 59.2 Å². The lowest BCUT2D eigenvalue weighted by atomic mass is 10.2. The van der Waals surface area contributed by atoms with E-state index in [4.69, 9.17) is 4.74 Å². The maximum Gasteiger partial charge on any atom is 0.153 e. The number of pyridine rings is 1. The number of aromatic nitrogens is 1. The van der Waals surface area contributed by atoms with Gasteiger partial charge in [-0.1, -0.05) is 6.07 Å². The standard InChI is InChI=1S/C14H12FNO2/c1-10-3-2-6-16-13(10)9-18-14-5-4-12(15)7-11(14)8-17/h2-8H,9H2,1H3. The molecule has 4 heteroatoms. The van der Waals surface area contributed by atoms with Crippen molar-refractivity contribution in [2.24, 2.45) is 0 Å². The van der Waals surface area contributed by atoms with Gasteiger partial charge in [0.25, 0.3) is 0 Å². The average Bonchev–Trinajstić information content (AvgIpc) is 2.39. The highest BCUT2D eigenvalue weighted by molar-refractivity contribution is 5.79. The Morgan fingerprint density at radius 1 is 1.39 bits per heavy atom. The largest absolute Gasteiger partial charge is 0.487 e. The second kappa shape index (κ2) is 5.40. The third-order valence-corrected chi connectivity index (χ3v) is 2.58.